The van der Waals surface area contributed by atoms with Crippen LogP contribution in [0.25, 0.3) is 0 Å². The second-order valence-corrected chi connectivity index (χ2v) is 5.08. The zero-order valence-corrected chi connectivity index (χ0v) is 13.2. The second-order valence-electron chi connectivity index (χ2n) is 4.23. The predicted molar refractivity (Wildman–Crippen MR) is 86.1 cm³/mol. The lowest BCUT2D eigenvalue weighted by molar-refractivity contribution is 0.102. The molecule has 110 valence electrons. The molecule has 0 saturated carbocycles. The van der Waals surface area contributed by atoms with Crippen LogP contribution in [0.1, 0.15) is 10.4 Å². The fourth-order valence-electron chi connectivity index (χ4n) is 1.87. The van der Waals surface area contributed by atoms with Crippen LogP contribution in [0.5, 0.6) is 11.5 Å². The van der Waals surface area contributed by atoms with E-state index in [4.69, 9.17) is 15.2 Å². The Morgan fingerprint density at radius 1 is 1.14 bits per heavy atom. The van der Waals surface area contributed by atoms with Crippen molar-refractivity contribution in [2.75, 3.05) is 25.3 Å². The van der Waals surface area contributed by atoms with Gasteiger partial charge >= 0.3 is 0 Å². The average Bonchev–Trinajstić information content (AvgIpc) is 2.49. The summed E-state index contributed by atoms with van der Waals surface area (Å²) in [5.74, 6) is 0.573. The van der Waals surface area contributed by atoms with Crippen LogP contribution in [0.3, 0.4) is 0 Å². The molecule has 0 spiro atoms. The number of nitrogens with one attached hydrogen (secondary N) is 1. The summed E-state index contributed by atoms with van der Waals surface area (Å²) in [6.07, 6.45) is 0. The maximum Gasteiger partial charge on any atom is 0.263 e. The van der Waals surface area contributed by atoms with E-state index in [0.717, 1.165) is 0 Å². The van der Waals surface area contributed by atoms with Gasteiger partial charge < -0.3 is 20.5 Å². The van der Waals surface area contributed by atoms with E-state index in [1.165, 1.54) is 14.2 Å². The van der Waals surface area contributed by atoms with Crippen molar-refractivity contribution >= 4 is 33.2 Å². The molecule has 0 aromatic heterocycles. The van der Waals surface area contributed by atoms with E-state index in [1.807, 2.05) is 0 Å². The molecule has 0 radical (unpaired) electrons. The van der Waals surface area contributed by atoms with Crippen LogP contribution in [-0.4, -0.2) is 20.1 Å². The number of ether oxygens (including phenoxy) is 2. The van der Waals surface area contributed by atoms with Gasteiger partial charge in [0.1, 0.15) is 17.1 Å². The van der Waals surface area contributed by atoms with Gasteiger partial charge in [0.25, 0.3) is 5.91 Å². The van der Waals surface area contributed by atoms with Gasteiger partial charge in [0.15, 0.2) is 0 Å². The Bertz CT molecular complexity index is 652. The van der Waals surface area contributed by atoms with E-state index in [-0.39, 0.29) is 5.91 Å². The van der Waals surface area contributed by atoms with Crippen molar-refractivity contribution < 1.29 is 14.3 Å². The standard InChI is InChI=1S/C15H15BrN2O3/c1-20-12-4-3-5-13(21-2)14(12)15(19)18-9-6-7-11(17)10(16)8-9/h3-8H,17H2,1-2H3,(H,18,19). The van der Waals surface area contributed by atoms with Crippen LogP contribution in [0.2, 0.25) is 0 Å². The smallest absolute Gasteiger partial charge is 0.263 e. The molecule has 21 heavy (non-hydrogen) atoms. The molecule has 0 aliphatic carbocycles. The highest BCUT2D eigenvalue weighted by atomic mass is 79.9. The van der Waals surface area contributed by atoms with Crippen molar-refractivity contribution in [3.05, 3.63) is 46.4 Å². The maximum atomic E-state index is 12.5. The van der Waals surface area contributed by atoms with E-state index in [9.17, 15) is 4.79 Å². The number of carbonyl (C=O) groups excluding carboxylic acids is 1. The van der Waals surface area contributed by atoms with Crippen molar-refractivity contribution in [2.45, 2.75) is 0 Å². The minimum atomic E-state index is -0.319. The summed E-state index contributed by atoms with van der Waals surface area (Å²) in [5.41, 5.74) is 7.28. The Labute approximate surface area is 131 Å². The third-order valence-corrected chi connectivity index (χ3v) is 3.60. The lowest BCUT2D eigenvalue weighted by Gasteiger charge is -2.13. The van der Waals surface area contributed by atoms with Crippen LogP contribution >= 0.6 is 15.9 Å². The summed E-state index contributed by atoms with van der Waals surface area (Å²) >= 11 is 3.32. The van der Waals surface area contributed by atoms with E-state index in [2.05, 4.69) is 21.2 Å². The number of carbonyl (C=O) groups is 1. The lowest BCUT2D eigenvalue weighted by atomic mass is 10.1. The monoisotopic (exact) mass is 350 g/mol. The summed E-state index contributed by atoms with van der Waals surface area (Å²) in [6, 6.07) is 10.3. The number of nitrogen functional groups attached to an aromatic ring is 1. The van der Waals surface area contributed by atoms with Gasteiger partial charge in [-0.25, -0.2) is 0 Å². The number of benzene rings is 2. The van der Waals surface area contributed by atoms with Gasteiger partial charge in [-0.15, -0.1) is 0 Å². The average molecular weight is 351 g/mol. The number of rotatable bonds is 4. The molecule has 0 unspecified atom stereocenters. The first-order valence-corrected chi connectivity index (χ1v) is 6.93. The first kappa shape index (κ1) is 15.2. The van der Waals surface area contributed by atoms with Crippen molar-refractivity contribution in [3.63, 3.8) is 0 Å². The van der Waals surface area contributed by atoms with Gasteiger partial charge in [-0.3, -0.25) is 4.79 Å². The normalized spacial score (nSPS) is 10.0. The molecule has 6 heteroatoms. The molecule has 0 heterocycles. The number of nitrogens with two attached hydrogens (primary N) is 1. The summed E-state index contributed by atoms with van der Waals surface area (Å²) < 4.78 is 11.2. The minimum absolute atomic E-state index is 0.319. The number of halogens is 1. The Kier molecular flexibility index (Phi) is 4.70. The summed E-state index contributed by atoms with van der Waals surface area (Å²) in [6.45, 7) is 0. The SMILES string of the molecule is COc1cccc(OC)c1C(=O)Nc1ccc(N)c(Br)c1. The molecule has 2 aromatic carbocycles. The van der Waals surface area contributed by atoms with Gasteiger partial charge in [-0.2, -0.15) is 0 Å². The van der Waals surface area contributed by atoms with Gasteiger partial charge in [0, 0.05) is 15.8 Å². The number of anilines is 2. The topological polar surface area (TPSA) is 73.6 Å². The second kappa shape index (κ2) is 6.49. The Hall–Kier alpha value is -2.21. The summed E-state index contributed by atoms with van der Waals surface area (Å²) in [4.78, 5) is 12.5. The van der Waals surface area contributed by atoms with Crippen LogP contribution in [0.4, 0.5) is 11.4 Å². The third kappa shape index (κ3) is 3.28. The van der Waals surface area contributed by atoms with Crippen LogP contribution in [0, 0.1) is 0 Å². The first-order valence-electron chi connectivity index (χ1n) is 6.14. The fraction of sp³-hybridized carbons (Fsp3) is 0.133. The summed E-state index contributed by atoms with van der Waals surface area (Å²) in [7, 11) is 3.01. The van der Waals surface area contributed by atoms with Gasteiger partial charge in [0.2, 0.25) is 0 Å². The third-order valence-electron chi connectivity index (χ3n) is 2.91. The number of methoxy groups -OCH3 is 2. The fourth-order valence-corrected chi connectivity index (χ4v) is 2.25. The number of amides is 1. The number of hydrogen-bond donors (Lipinski definition) is 2. The Morgan fingerprint density at radius 3 is 2.29 bits per heavy atom. The Morgan fingerprint density at radius 2 is 1.76 bits per heavy atom. The zero-order valence-electron chi connectivity index (χ0n) is 11.6. The summed E-state index contributed by atoms with van der Waals surface area (Å²) in [5, 5.41) is 2.79. The van der Waals surface area contributed by atoms with Crippen LogP contribution < -0.4 is 20.5 Å². The highest BCUT2D eigenvalue weighted by molar-refractivity contribution is 9.10. The van der Waals surface area contributed by atoms with E-state index in [0.29, 0.717) is 32.9 Å². The van der Waals surface area contributed by atoms with E-state index >= 15 is 0 Å². The quantitative estimate of drug-likeness (QED) is 0.829. The van der Waals surface area contributed by atoms with E-state index < -0.39 is 0 Å². The zero-order chi connectivity index (χ0) is 15.4. The van der Waals surface area contributed by atoms with Crippen molar-refractivity contribution in [1.82, 2.24) is 0 Å². The largest absolute Gasteiger partial charge is 0.496 e. The molecule has 0 aliphatic rings. The molecule has 0 atom stereocenters. The molecule has 3 N–H and O–H groups in total. The maximum absolute atomic E-state index is 12.5. The minimum Gasteiger partial charge on any atom is -0.496 e. The number of hydrogen-bond acceptors (Lipinski definition) is 4. The van der Waals surface area contributed by atoms with Gasteiger partial charge in [-0.1, -0.05) is 6.07 Å². The molecule has 5 nitrogen and oxygen atoms in total. The molecule has 0 bridgehead atoms. The van der Waals surface area contributed by atoms with Crippen LogP contribution in [-0.2, 0) is 0 Å². The highest BCUT2D eigenvalue weighted by Gasteiger charge is 2.18. The van der Waals surface area contributed by atoms with Crippen molar-refractivity contribution in [3.8, 4) is 11.5 Å². The van der Waals surface area contributed by atoms with E-state index in [1.54, 1.807) is 36.4 Å². The highest BCUT2D eigenvalue weighted by Crippen LogP contribution is 2.30. The molecular formula is C15H15BrN2O3. The molecule has 1 amide bonds. The predicted octanol–water partition coefficient (Wildman–Crippen LogP) is 3.30. The lowest BCUT2D eigenvalue weighted by Crippen LogP contribution is -2.14. The van der Waals surface area contributed by atoms with Gasteiger partial charge in [0.05, 0.1) is 14.2 Å². The first-order chi connectivity index (χ1) is 10.1. The molecule has 0 aliphatic heterocycles. The van der Waals surface area contributed by atoms with Crippen molar-refractivity contribution in [2.24, 2.45) is 0 Å². The molecule has 0 fully saturated rings. The molecule has 2 rings (SSSR count). The van der Waals surface area contributed by atoms with Crippen LogP contribution in [0.15, 0.2) is 40.9 Å². The van der Waals surface area contributed by atoms with Crippen molar-refractivity contribution in [1.29, 1.82) is 0 Å². The van der Waals surface area contributed by atoms with Gasteiger partial charge in [-0.05, 0) is 46.3 Å². The molecular weight excluding hydrogens is 336 g/mol. The Balaban J connectivity index is 2.34. The molecule has 2 aromatic rings. The molecule has 0 saturated heterocycles.